The molecule has 2 aromatic heterocycles. The van der Waals surface area contributed by atoms with Crippen LogP contribution in [-0.2, 0) is 17.8 Å². The zero-order chi connectivity index (χ0) is 19.3. The summed E-state index contributed by atoms with van der Waals surface area (Å²) in [4.78, 5) is 24.2. The molecule has 0 saturated heterocycles. The van der Waals surface area contributed by atoms with E-state index in [9.17, 15) is 9.59 Å². The number of hydrogen-bond acceptors (Lipinski definition) is 4. The molecule has 28 heavy (non-hydrogen) atoms. The highest BCUT2D eigenvalue weighted by molar-refractivity contribution is 5.96. The van der Waals surface area contributed by atoms with Gasteiger partial charge in [-0.25, -0.2) is 0 Å². The second-order valence-electron chi connectivity index (χ2n) is 6.90. The quantitative estimate of drug-likeness (QED) is 0.690. The lowest BCUT2D eigenvalue weighted by Crippen LogP contribution is -2.39. The molecule has 3 aromatic rings. The van der Waals surface area contributed by atoms with Gasteiger partial charge in [0.05, 0.1) is 37.2 Å². The van der Waals surface area contributed by atoms with Gasteiger partial charge in [-0.3, -0.25) is 14.3 Å². The van der Waals surface area contributed by atoms with Gasteiger partial charge in [0.25, 0.3) is 5.91 Å². The molecule has 2 amide bonds. The summed E-state index contributed by atoms with van der Waals surface area (Å²) in [5.74, 6) is -0.547. The lowest BCUT2D eigenvalue weighted by molar-refractivity contribution is -0.121. The first kappa shape index (κ1) is 18.0. The van der Waals surface area contributed by atoms with Gasteiger partial charge in [0.2, 0.25) is 5.91 Å². The van der Waals surface area contributed by atoms with Crippen molar-refractivity contribution in [3.63, 3.8) is 0 Å². The van der Waals surface area contributed by atoms with Crippen LogP contribution in [0.2, 0.25) is 0 Å². The van der Waals surface area contributed by atoms with Crippen LogP contribution in [0.1, 0.15) is 46.1 Å². The van der Waals surface area contributed by atoms with E-state index in [1.165, 1.54) is 23.8 Å². The van der Waals surface area contributed by atoms with Gasteiger partial charge in [-0.15, -0.1) is 0 Å². The molecule has 0 saturated carbocycles. The highest BCUT2D eigenvalue weighted by Gasteiger charge is 2.25. The number of nitrogens with one attached hydrogen (secondary N) is 2. The molecular formula is C21H22N4O3. The highest BCUT2D eigenvalue weighted by atomic mass is 16.3. The largest absolute Gasteiger partial charge is 0.472 e. The van der Waals surface area contributed by atoms with Crippen molar-refractivity contribution >= 4 is 11.8 Å². The summed E-state index contributed by atoms with van der Waals surface area (Å²) in [5, 5.41) is 10.2. The van der Waals surface area contributed by atoms with Crippen LogP contribution >= 0.6 is 0 Å². The summed E-state index contributed by atoms with van der Waals surface area (Å²) >= 11 is 0. The van der Waals surface area contributed by atoms with Gasteiger partial charge in [0.15, 0.2) is 0 Å². The number of nitrogens with zero attached hydrogens (tertiary/aromatic N) is 2. The maximum Gasteiger partial charge on any atom is 0.254 e. The maximum atomic E-state index is 12.3. The van der Waals surface area contributed by atoms with E-state index >= 15 is 0 Å². The van der Waals surface area contributed by atoms with Crippen LogP contribution in [-0.4, -0.2) is 28.1 Å². The van der Waals surface area contributed by atoms with Crippen LogP contribution in [0.25, 0.3) is 0 Å². The second-order valence-corrected chi connectivity index (χ2v) is 6.90. The topological polar surface area (TPSA) is 89.2 Å². The molecule has 0 fully saturated rings. The van der Waals surface area contributed by atoms with Crippen molar-refractivity contribution in [1.29, 1.82) is 0 Å². The molecule has 0 aliphatic heterocycles. The Kier molecular flexibility index (Phi) is 5.23. The summed E-state index contributed by atoms with van der Waals surface area (Å²) in [6, 6.07) is 11.7. The standard InChI is InChI=1S/C21H22N4O3/c26-20(12-22-21(27)16-9-10-28-14-16)24-18-7-4-8-19-17(18)11-23-25(19)13-15-5-2-1-3-6-15/h1-3,5-6,9-11,14,18H,4,7-8,12-13H2,(H,22,27)(H,24,26). The minimum Gasteiger partial charge on any atom is -0.472 e. The van der Waals surface area contributed by atoms with Crippen LogP contribution in [0.5, 0.6) is 0 Å². The van der Waals surface area contributed by atoms with E-state index in [1.807, 2.05) is 29.1 Å². The monoisotopic (exact) mass is 378 g/mol. The highest BCUT2D eigenvalue weighted by Crippen LogP contribution is 2.29. The summed E-state index contributed by atoms with van der Waals surface area (Å²) in [5.41, 5.74) is 3.83. The molecule has 0 bridgehead atoms. The number of benzene rings is 1. The van der Waals surface area contributed by atoms with Crippen molar-refractivity contribution in [3.8, 4) is 0 Å². The van der Waals surface area contributed by atoms with Gasteiger partial charge in [-0.05, 0) is 30.9 Å². The number of hydrogen-bond donors (Lipinski definition) is 2. The Bertz CT molecular complexity index is 947. The average molecular weight is 378 g/mol. The number of furan rings is 1. The summed E-state index contributed by atoms with van der Waals surface area (Å²) in [6.45, 7) is 0.644. The average Bonchev–Trinajstić information content (AvgIpc) is 3.38. The fraction of sp³-hybridized carbons (Fsp3) is 0.286. The summed E-state index contributed by atoms with van der Waals surface area (Å²) in [7, 11) is 0. The molecule has 7 heteroatoms. The van der Waals surface area contributed by atoms with E-state index in [-0.39, 0.29) is 24.4 Å². The molecular weight excluding hydrogens is 356 g/mol. The van der Waals surface area contributed by atoms with Gasteiger partial charge in [0, 0.05) is 11.3 Å². The lowest BCUT2D eigenvalue weighted by Gasteiger charge is -2.24. The molecule has 2 N–H and O–H groups in total. The predicted octanol–water partition coefficient (Wildman–Crippen LogP) is 2.45. The van der Waals surface area contributed by atoms with Gasteiger partial charge >= 0.3 is 0 Å². The second kappa shape index (κ2) is 8.12. The molecule has 1 unspecified atom stereocenters. The molecule has 1 aliphatic rings. The molecule has 0 radical (unpaired) electrons. The van der Waals surface area contributed by atoms with Crippen molar-refractivity contribution in [2.24, 2.45) is 0 Å². The minimum absolute atomic E-state index is 0.0754. The van der Waals surface area contributed by atoms with Gasteiger partial charge in [-0.1, -0.05) is 30.3 Å². The molecule has 1 atom stereocenters. The first-order chi connectivity index (χ1) is 13.7. The van der Waals surface area contributed by atoms with Crippen molar-refractivity contribution in [2.75, 3.05) is 6.54 Å². The number of aromatic nitrogens is 2. The predicted molar refractivity (Wildman–Crippen MR) is 103 cm³/mol. The van der Waals surface area contributed by atoms with Crippen LogP contribution < -0.4 is 10.6 Å². The molecule has 0 spiro atoms. The Morgan fingerprint density at radius 2 is 2.07 bits per heavy atom. The fourth-order valence-corrected chi connectivity index (χ4v) is 3.56. The van der Waals surface area contributed by atoms with E-state index < -0.39 is 0 Å². The third-order valence-electron chi connectivity index (χ3n) is 4.97. The van der Waals surface area contributed by atoms with E-state index in [2.05, 4.69) is 27.9 Å². The molecule has 2 heterocycles. The van der Waals surface area contributed by atoms with Crippen molar-refractivity contribution in [3.05, 3.63) is 77.5 Å². The lowest BCUT2D eigenvalue weighted by atomic mass is 9.93. The summed E-state index contributed by atoms with van der Waals surface area (Å²) < 4.78 is 6.89. The first-order valence-electron chi connectivity index (χ1n) is 9.39. The van der Waals surface area contributed by atoms with Crippen molar-refractivity contribution in [2.45, 2.75) is 31.8 Å². The number of carbonyl (C=O) groups is 2. The van der Waals surface area contributed by atoms with Crippen LogP contribution in [0.3, 0.4) is 0 Å². The number of rotatable bonds is 6. The molecule has 144 valence electrons. The Morgan fingerprint density at radius 3 is 2.86 bits per heavy atom. The van der Waals surface area contributed by atoms with E-state index in [0.717, 1.165) is 31.4 Å². The zero-order valence-corrected chi connectivity index (χ0v) is 15.4. The molecule has 1 aliphatic carbocycles. The zero-order valence-electron chi connectivity index (χ0n) is 15.4. The molecule has 1 aromatic carbocycles. The SMILES string of the molecule is O=C(CNC(=O)c1ccoc1)NC1CCCc2c1cnn2Cc1ccccc1. The van der Waals surface area contributed by atoms with Gasteiger partial charge < -0.3 is 15.1 Å². The maximum absolute atomic E-state index is 12.3. The Morgan fingerprint density at radius 1 is 1.21 bits per heavy atom. The van der Waals surface area contributed by atoms with Gasteiger partial charge in [-0.2, -0.15) is 5.10 Å². The van der Waals surface area contributed by atoms with Crippen molar-refractivity contribution in [1.82, 2.24) is 20.4 Å². The third-order valence-corrected chi connectivity index (χ3v) is 4.97. The first-order valence-corrected chi connectivity index (χ1v) is 9.39. The molecule has 7 nitrogen and oxygen atoms in total. The van der Waals surface area contributed by atoms with E-state index in [1.54, 1.807) is 6.07 Å². The minimum atomic E-state index is -0.330. The number of fused-ring (bicyclic) bond motifs is 1. The Balaban J connectivity index is 1.38. The van der Waals surface area contributed by atoms with Crippen LogP contribution in [0, 0.1) is 0 Å². The fourth-order valence-electron chi connectivity index (χ4n) is 3.56. The number of amides is 2. The molecule has 4 rings (SSSR count). The van der Waals surface area contributed by atoms with Crippen LogP contribution in [0.4, 0.5) is 0 Å². The smallest absolute Gasteiger partial charge is 0.254 e. The van der Waals surface area contributed by atoms with Crippen LogP contribution in [0.15, 0.2) is 59.5 Å². The van der Waals surface area contributed by atoms with Gasteiger partial charge in [0.1, 0.15) is 6.26 Å². The van der Waals surface area contributed by atoms with Crippen molar-refractivity contribution < 1.29 is 14.0 Å². The summed E-state index contributed by atoms with van der Waals surface area (Å²) in [6.07, 6.45) is 7.43. The van der Waals surface area contributed by atoms with E-state index in [4.69, 9.17) is 4.42 Å². The number of carbonyl (C=O) groups excluding carboxylic acids is 2. The third kappa shape index (κ3) is 3.98. The Labute approximate surface area is 162 Å². The van der Waals surface area contributed by atoms with E-state index in [0.29, 0.717) is 5.56 Å². The Hall–Kier alpha value is -3.35. The normalized spacial score (nSPS) is 15.6.